The number of rotatable bonds is 6. The van der Waals surface area contributed by atoms with Gasteiger partial charge >= 0.3 is 5.97 Å². The SMILES string of the molecule is Cc1nc2c3c(-c4ccc(C(C)C)cc4)nc(N4CCC(C)CC4)nc3nn2c(C)c1CCC(=O)O. The zero-order chi connectivity index (χ0) is 25.6. The van der Waals surface area contributed by atoms with Crippen molar-refractivity contribution in [2.45, 2.75) is 66.2 Å². The van der Waals surface area contributed by atoms with Crippen molar-refractivity contribution in [3.05, 3.63) is 46.8 Å². The van der Waals surface area contributed by atoms with E-state index in [-0.39, 0.29) is 6.42 Å². The monoisotopic (exact) mass is 486 g/mol. The van der Waals surface area contributed by atoms with Crippen LogP contribution >= 0.6 is 0 Å². The second-order valence-corrected chi connectivity index (χ2v) is 10.4. The van der Waals surface area contributed by atoms with E-state index < -0.39 is 5.97 Å². The van der Waals surface area contributed by atoms with Crippen molar-refractivity contribution in [1.82, 2.24) is 24.6 Å². The Labute approximate surface area is 211 Å². The van der Waals surface area contributed by atoms with Crippen LogP contribution in [0.3, 0.4) is 0 Å². The van der Waals surface area contributed by atoms with Crippen molar-refractivity contribution in [2.75, 3.05) is 18.0 Å². The van der Waals surface area contributed by atoms with Crippen LogP contribution in [0.5, 0.6) is 0 Å². The lowest BCUT2D eigenvalue weighted by atomic mass is 9.99. The zero-order valence-electron chi connectivity index (χ0n) is 21.7. The highest BCUT2D eigenvalue weighted by atomic mass is 16.4. The summed E-state index contributed by atoms with van der Waals surface area (Å²) in [6.07, 6.45) is 2.72. The second kappa shape index (κ2) is 9.48. The minimum absolute atomic E-state index is 0.0560. The predicted molar refractivity (Wildman–Crippen MR) is 142 cm³/mol. The molecule has 0 aliphatic carbocycles. The minimum Gasteiger partial charge on any atom is -0.481 e. The van der Waals surface area contributed by atoms with Crippen LogP contribution in [0.25, 0.3) is 27.9 Å². The topological polar surface area (TPSA) is 96.5 Å². The molecule has 8 nitrogen and oxygen atoms in total. The number of aliphatic carboxylic acids is 1. The molecule has 1 N–H and O–H groups in total. The van der Waals surface area contributed by atoms with Gasteiger partial charge in [0.2, 0.25) is 5.95 Å². The summed E-state index contributed by atoms with van der Waals surface area (Å²) in [5.41, 5.74) is 7.09. The maximum Gasteiger partial charge on any atom is 0.303 e. The first-order chi connectivity index (χ1) is 17.2. The Morgan fingerprint density at radius 3 is 2.42 bits per heavy atom. The number of carboxylic acids is 1. The first-order valence-corrected chi connectivity index (χ1v) is 12.9. The molecule has 1 aliphatic heterocycles. The number of nitrogens with zero attached hydrogens (tertiary/aromatic N) is 6. The molecule has 8 heteroatoms. The van der Waals surface area contributed by atoms with Crippen molar-refractivity contribution < 1.29 is 9.90 Å². The van der Waals surface area contributed by atoms with E-state index >= 15 is 0 Å². The first kappa shape index (κ1) is 24.2. The summed E-state index contributed by atoms with van der Waals surface area (Å²) >= 11 is 0. The zero-order valence-corrected chi connectivity index (χ0v) is 21.7. The molecule has 4 aromatic rings. The van der Waals surface area contributed by atoms with Crippen LogP contribution in [0.2, 0.25) is 0 Å². The average molecular weight is 487 g/mol. The number of hydrogen-bond acceptors (Lipinski definition) is 6. The number of hydrogen-bond donors (Lipinski definition) is 1. The van der Waals surface area contributed by atoms with Gasteiger partial charge in [0.05, 0.1) is 11.1 Å². The molecule has 1 saturated heterocycles. The molecule has 0 radical (unpaired) electrons. The first-order valence-electron chi connectivity index (χ1n) is 12.9. The summed E-state index contributed by atoms with van der Waals surface area (Å²) in [6, 6.07) is 8.58. The molecule has 188 valence electrons. The van der Waals surface area contributed by atoms with Crippen molar-refractivity contribution >= 4 is 28.6 Å². The van der Waals surface area contributed by atoms with E-state index in [2.05, 4.69) is 49.9 Å². The van der Waals surface area contributed by atoms with Gasteiger partial charge in [0.1, 0.15) is 0 Å². The van der Waals surface area contributed by atoms with Crippen LogP contribution in [0.1, 0.15) is 68.5 Å². The van der Waals surface area contributed by atoms with Crippen molar-refractivity contribution in [3.8, 4) is 11.3 Å². The fraction of sp³-hybridized carbons (Fsp3) is 0.464. The van der Waals surface area contributed by atoms with Crippen molar-refractivity contribution in [1.29, 1.82) is 0 Å². The summed E-state index contributed by atoms with van der Waals surface area (Å²) in [6.45, 7) is 12.4. The summed E-state index contributed by atoms with van der Waals surface area (Å²) in [5, 5.41) is 14.9. The van der Waals surface area contributed by atoms with Gasteiger partial charge in [0.15, 0.2) is 11.3 Å². The number of carbonyl (C=O) groups is 1. The molecule has 3 aromatic heterocycles. The minimum atomic E-state index is -0.821. The van der Waals surface area contributed by atoms with Crippen LogP contribution < -0.4 is 4.90 Å². The number of piperidine rings is 1. The van der Waals surface area contributed by atoms with Gasteiger partial charge in [-0.25, -0.2) is 14.5 Å². The largest absolute Gasteiger partial charge is 0.481 e. The van der Waals surface area contributed by atoms with Crippen molar-refractivity contribution in [3.63, 3.8) is 0 Å². The van der Waals surface area contributed by atoms with E-state index in [1.165, 1.54) is 5.56 Å². The quantitative estimate of drug-likeness (QED) is 0.393. The molecule has 1 aromatic carbocycles. The number of aromatic nitrogens is 5. The second-order valence-electron chi connectivity index (χ2n) is 10.4. The smallest absolute Gasteiger partial charge is 0.303 e. The van der Waals surface area contributed by atoms with Crippen LogP contribution in [0.15, 0.2) is 24.3 Å². The fourth-order valence-corrected chi connectivity index (χ4v) is 5.10. The molecule has 1 aliphatic rings. The van der Waals surface area contributed by atoms with Crippen molar-refractivity contribution in [2.24, 2.45) is 5.92 Å². The van der Waals surface area contributed by atoms with E-state index in [4.69, 9.17) is 20.1 Å². The van der Waals surface area contributed by atoms with Crippen LogP contribution in [0, 0.1) is 19.8 Å². The van der Waals surface area contributed by atoms with Crippen LogP contribution in [0.4, 0.5) is 5.95 Å². The van der Waals surface area contributed by atoms with E-state index in [9.17, 15) is 9.90 Å². The van der Waals surface area contributed by atoms with Gasteiger partial charge in [-0.1, -0.05) is 45.0 Å². The Kier molecular flexibility index (Phi) is 6.36. The molecule has 0 saturated carbocycles. The molecular formula is C28H34N6O2. The molecule has 1 fully saturated rings. The third kappa shape index (κ3) is 4.40. The summed E-state index contributed by atoms with van der Waals surface area (Å²) in [4.78, 5) is 28.4. The van der Waals surface area contributed by atoms with E-state index in [1.54, 1.807) is 0 Å². The molecule has 5 rings (SSSR count). The van der Waals surface area contributed by atoms with Gasteiger partial charge in [-0.05, 0) is 56.1 Å². The van der Waals surface area contributed by atoms with Crippen LogP contribution in [-0.2, 0) is 11.2 Å². The summed E-state index contributed by atoms with van der Waals surface area (Å²) in [7, 11) is 0. The molecule has 36 heavy (non-hydrogen) atoms. The lowest BCUT2D eigenvalue weighted by Crippen LogP contribution is -2.34. The Morgan fingerprint density at radius 2 is 1.78 bits per heavy atom. The Balaban J connectivity index is 1.72. The van der Waals surface area contributed by atoms with Crippen LogP contribution in [-0.4, -0.2) is 48.7 Å². The standard InChI is InChI=1S/C28H34N6O2/c1-16(2)20-6-8-21(9-7-20)25-24-26(31-28(30-25)33-14-12-17(3)13-15-33)32-34-19(5)22(10-11-23(35)36)18(4)29-27(24)34/h6-9,16-17H,10-15H2,1-5H3,(H,35,36). The Bertz CT molecular complexity index is 1430. The van der Waals surface area contributed by atoms with E-state index in [1.807, 2.05) is 18.4 Å². The highest BCUT2D eigenvalue weighted by Crippen LogP contribution is 2.33. The highest BCUT2D eigenvalue weighted by Gasteiger charge is 2.24. The average Bonchev–Trinajstić information content (AvgIpc) is 3.22. The van der Waals surface area contributed by atoms with E-state index in [0.717, 1.165) is 59.5 Å². The van der Waals surface area contributed by atoms with Gasteiger partial charge in [0, 0.05) is 36.5 Å². The Hall–Kier alpha value is -3.55. The molecule has 0 spiro atoms. The van der Waals surface area contributed by atoms with Gasteiger partial charge in [0.25, 0.3) is 0 Å². The predicted octanol–water partition coefficient (Wildman–Crippen LogP) is 5.33. The number of carboxylic acid groups (broad SMARTS) is 1. The number of aryl methyl sites for hydroxylation is 2. The molecule has 0 amide bonds. The van der Waals surface area contributed by atoms with Gasteiger partial charge in [-0.3, -0.25) is 4.79 Å². The number of benzene rings is 1. The lowest BCUT2D eigenvalue weighted by Gasteiger charge is -2.30. The molecular weight excluding hydrogens is 452 g/mol. The summed E-state index contributed by atoms with van der Waals surface area (Å²) < 4.78 is 1.82. The molecule has 0 unspecified atom stereocenters. The normalized spacial score (nSPS) is 14.9. The lowest BCUT2D eigenvalue weighted by molar-refractivity contribution is -0.136. The van der Waals surface area contributed by atoms with Gasteiger partial charge < -0.3 is 10.0 Å². The third-order valence-electron chi connectivity index (χ3n) is 7.47. The summed E-state index contributed by atoms with van der Waals surface area (Å²) in [5.74, 6) is 1.05. The van der Waals surface area contributed by atoms with E-state index in [0.29, 0.717) is 35.5 Å². The third-order valence-corrected chi connectivity index (χ3v) is 7.47. The molecule has 0 atom stereocenters. The Morgan fingerprint density at radius 1 is 1.08 bits per heavy atom. The maximum absolute atomic E-state index is 11.2. The van der Waals surface area contributed by atoms with Gasteiger partial charge in [-0.15, -0.1) is 5.10 Å². The fourth-order valence-electron chi connectivity index (χ4n) is 5.10. The molecule has 0 bridgehead atoms. The highest BCUT2D eigenvalue weighted by molar-refractivity contribution is 6.01. The number of anilines is 1. The van der Waals surface area contributed by atoms with Gasteiger partial charge in [-0.2, -0.15) is 4.98 Å². The molecule has 4 heterocycles. The maximum atomic E-state index is 11.2. The number of fused-ring (bicyclic) bond motifs is 3.